The van der Waals surface area contributed by atoms with E-state index in [1.165, 1.54) is 6.07 Å². The number of ketones is 1. The van der Waals surface area contributed by atoms with Gasteiger partial charge in [0.25, 0.3) is 0 Å². The molecule has 284 valence electrons. The average Bonchev–Trinajstić information content (AvgIpc) is 3.43. The standard InChI is InChI=1S/C45H50ClFN2O5/c1-41-19-16-31(50)25-43(41)22-23-45(34(26-43)37(51)24-33-35(46)10-7-11-36(33)47)38(41)17-20-42(2)39(45)18-21-44(42,53)28-49(27-29-8-5-4-6-9-29)40(52)48-30-12-14-32(54-3)15-13-30/h4-15,22-23,26,31,38-39,50,53H,16-21,24-25,27-28H2,1-3H3,(H,48,52). The molecule has 2 amide bonds. The third kappa shape index (κ3) is 5.57. The molecule has 6 aliphatic rings. The van der Waals surface area contributed by atoms with E-state index in [-0.39, 0.29) is 52.6 Å². The molecule has 0 aromatic heterocycles. The SMILES string of the molecule is COc1ccc(NC(=O)N(Cc2ccccc2)CC2(O)CCC3C45C=CC6(C=C4C(=O)Cc4c(F)cccc4Cl)CC(O)CCC6(C)C5CCC32C)cc1. The van der Waals surface area contributed by atoms with E-state index < -0.39 is 33.8 Å². The highest BCUT2D eigenvalue weighted by atomic mass is 35.5. The Morgan fingerprint density at radius 3 is 2.35 bits per heavy atom. The number of Topliss-reactive ketones (excluding diaryl/α,β-unsaturated/α-hetero) is 1. The summed E-state index contributed by atoms with van der Waals surface area (Å²) in [5.41, 5.74) is -0.936. The Bertz CT molecular complexity index is 2000. The number of amides is 2. The van der Waals surface area contributed by atoms with Gasteiger partial charge < -0.3 is 25.2 Å². The minimum Gasteiger partial charge on any atom is -0.497 e. The first kappa shape index (κ1) is 37.0. The number of hydrogen-bond donors (Lipinski definition) is 3. The summed E-state index contributed by atoms with van der Waals surface area (Å²) < 4.78 is 20.5. The fraction of sp³-hybridized carbons (Fsp3) is 0.467. The van der Waals surface area contributed by atoms with Crippen LogP contribution in [0.1, 0.15) is 69.9 Å². The number of halogens is 2. The summed E-state index contributed by atoms with van der Waals surface area (Å²) >= 11 is 6.49. The Labute approximate surface area is 322 Å². The lowest BCUT2D eigenvalue weighted by Crippen LogP contribution is -2.67. The molecule has 2 spiro atoms. The van der Waals surface area contributed by atoms with Crippen LogP contribution in [-0.4, -0.2) is 52.3 Å². The number of benzene rings is 3. The van der Waals surface area contributed by atoms with E-state index >= 15 is 4.39 Å². The van der Waals surface area contributed by atoms with Crippen molar-refractivity contribution in [3.8, 4) is 5.75 Å². The molecule has 3 fully saturated rings. The maximum atomic E-state index is 15.2. The van der Waals surface area contributed by atoms with Gasteiger partial charge in [-0.05, 0) is 104 Å². The lowest BCUT2D eigenvalue weighted by Gasteiger charge is -2.71. The predicted molar refractivity (Wildman–Crippen MR) is 208 cm³/mol. The van der Waals surface area contributed by atoms with Crippen molar-refractivity contribution in [2.45, 2.75) is 83.5 Å². The second kappa shape index (κ2) is 13.3. The number of methoxy groups -OCH3 is 1. The van der Waals surface area contributed by atoms with Crippen molar-refractivity contribution in [3.05, 3.63) is 119 Å². The second-order valence-electron chi connectivity index (χ2n) is 17.1. The van der Waals surface area contributed by atoms with Gasteiger partial charge >= 0.3 is 6.03 Å². The monoisotopic (exact) mass is 752 g/mol. The fourth-order valence-corrected chi connectivity index (χ4v) is 12.0. The molecule has 3 aromatic carbocycles. The molecule has 9 rings (SSSR count). The van der Waals surface area contributed by atoms with Gasteiger partial charge in [-0.25, -0.2) is 9.18 Å². The van der Waals surface area contributed by atoms with Crippen LogP contribution in [0.2, 0.25) is 5.02 Å². The molecule has 8 atom stereocenters. The zero-order valence-corrected chi connectivity index (χ0v) is 32.0. The van der Waals surface area contributed by atoms with Crippen LogP contribution >= 0.6 is 11.6 Å². The molecule has 3 N–H and O–H groups in total. The zero-order chi connectivity index (χ0) is 38.1. The number of carbonyl (C=O) groups is 2. The van der Waals surface area contributed by atoms with Gasteiger partial charge in [0.2, 0.25) is 0 Å². The first-order chi connectivity index (χ1) is 25.8. The quantitative estimate of drug-likeness (QED) is 0.190. The van der Waals surface area contributed by atoms with Crippen LogP contribution in [0.25, 0.3) is 0 Å². The molecule has 0 saturated heterocycles. The van der Waals surface area contributed by atoms with Crippen LogP contribution in [0, 0.1) is 39.3 Å². The smallest absolute Gasteiger partial charge is 0.322 e. The van der Waals surface area contributed by atoms with Crippen molar-refractivity contribution < 1.29 is 28.9 Å². The molecule has 0 aliphatic heterocycles. The molecule has 54 heavy (non-hydrogen) atoms. The van der Waals surface area contributed by atoms with E-state index in [4.69, 9.17) is 16.3 Å². The molecule has 7 nitrogen and oxygen atoms in total. The largest absolute Gasteiger partial charge is 0.497 e. The summed E-state index contributed by atoms with van der Waals surface area (Å²) in [5, 5.41) is 27.4. The van der Waals surface area contributed by atoms with Crippen LogP contribution in [0.5, 0.6) is 5.75 Å². The lowest BCUT2D eigenvalue weighted by atomic mass is 9.32. The number of aliphatic hydroxyl groups is 2. The van der Waals surface area contributed by atoms with Gasteiger partial charge in [-0.15, -0.1) is 0 Å². The number of urea groups is 1. The maximum absolute atomic E-state index is 15.2. The number of allylic oxidation sites excluding steroid dienone is 4. The summed E-state index contributed by atoms with van der Waals surface area (Å²) in [7, 11) is 1.60. The van der Waals surface area contributed by atoms with Crippen molar-refractivity contribution in [1.29, 1.82) is 0 Å². The Morgan fingerprint density at radius 2 is 1.63 bits per heavy atom. The van der Waals surface area contributed by atoms with Crippen molar-refractivity contribution in [2.24, 2.45) is 33.5 Å². The van der Waals surface area contributed by atoms with Gasteiger partial charge in [0.15, 0.2) is 5.78 Å². The summed E-state index contributed by atoms with van der Waals surface area (Å²) in [5.74, 6) is -0.0270. The number of hydrogen-bond acceptors (Lipinski definition) is 5. The normalized spacial score (nSPS) is 34.6. The Hall–Kier alpha value is -3.98. The highest BCUT2D eigenvalue weighted by Crippen LogP contribution is 2.78. The van der Waals surface area contributed by atoms with Crippen molar-refractivity contribution >= 4 is 29.1 Å². The summed E-state index contributed by atoms with van der Waals surface area (Å²) in [4.78, 5) is 30.7. The van der Waals surface area contributed by atoms with Gasteiger partial charge in [-0.1, -0.05) is 80.1 Å². The first-order valence-corrected chi connectivity index (χ1v) is 19.7. The third-order valence-corrected chi connectivity index (χ3v) is 15.1. The molecule has 8 unspecified atom stereocenters. The fourth-order valence-electron chi connectivity index (χ4n) is 11.8. The summed E-state index contributed by atoms with van der Waals surface area (Å²) in [6, 6.07) is 21.1. The van der Waals surface area contributed by atoms with Crippen LogP contribution in [-0.2, 0) is 17.8 Å². The van der Waals surface area contributed by atoms with Crippen LogP contribution < -0.4 is 10.1 Å². The van der Waals surface area contributed by atoms with Crippen molar-refractivity contribution in [2.75, 3.05) is 19.0 Å². The van der Waals surface area contributed by atoms with E-state index in [0.717, 1.165) is 24.8 Å². The number of rotatable bonds is 9. The summed E-state index contributed by atoms with van der Waals surface area (Å²) in [6.45, 7) is 4.90. The highest BCUT2D eigenvalue weighted by molar-refractivity contribution is 6.31. The van der Waals surface area contributed by atoms with Gasteiger partial charge in [0.1, 0.15) is 11.6 Å². The summed E-state index contributed by atoms with van der Waals surface area (Å²) in [6.07, 6.45) is 10.7. The van der Waals surface area contributed by atoms with E-state index in [1.807, 2.05) is 30.3 Å². The number of carbonyl (C=O) groups excluding carboxylic acids is 2. The minimum absolute atomic E-state index is 0.0850. The van der Waals surface area contributed by atoms with Crippen LogP contribution in [0.4, 0.5) is 14.9 Å². The molecule has 0 heterocycles. The van der Waals surface area contributed by atoms with Gasteiger partial charge in [-0.3, -0.25) is 4.79 Å². The Balaban J connectivity index is 1.17. The molecular weight excluding hydrogens is 703 g/mol. The highest BCUT2D eigenvalue weighted by Gasteiger charge is 2.74. The average molecular weight is 753 g/mol. The zero-order valence-electron chi connectivity index (χ0n) is 31.3. The molecule has 3 aromatic rings. The molecule has 0 radical (unpaired) electrons. The third-order valence-electron chi connectivity index (χ3n) is 14.7. The molecular formula is C45H50ClFN2O5. The minimum atomic E-state index is -1.27. The van der Waals surface area contributed by atoms with Crippen LogP contribution in [0.3, 0.4) is 0 Å². The van der Waals surface area contributed by atoms with E-state index in [1.54, 1.807) is 48.4 Å². The van der Waals surface area contributed by atoms with Gasteiger partial charge in [0, 0.05) is 51.1 Å². The topological polar surface area (TPSA) is 99.1 Å². The molecule has 2 bridgehead atoms. The number of nitrogens with one attached hydrogen (secondary N) is 1. The first-order valence-electron chi connectivity index (χ1n) is 19.3. The number of nitrogens with zero attached hydrogens (tertiary/aromatic N) is 1. The number of fused-ring (bicyclic) bond motifs is 1. The second-order valence-corrected chi connectivity index (χ2v) is 17.5. The molecule has 3 saturated carbocycles. The Kier molecular flexibility index (Phi) is 9.14. The van der Waals surface area contributed by atoms with Crippen molar-refractivity contribution in [3.63, 3.8) is 0 Å². The number of ether oxygens (including phenoxy) is 1. The van der Waals surface area contributed by atoms with E-state index in [9.17, 15) is 19.8 Å². The van der Waals surface area contributed by atoms with Crippen molar-refractivity contribution in [1.82, 2.24) is 4.90 Å². The van der Waals surface area contributed by atoms with E-state index in [0.29, 0.717) is 49.2 Å². The van der Waals surface area contributed by atoms with Gasteiger partial charge in [-0.2, -0.15) is 0 Å². The van der Waals surface area contributed by atoms with E-state index in [2.05, 4.69) is 37.4 Å². The van der Waals surface area contributed by atoms with Crippen LogP contribution in [0.15, 0.2) is 96.6 Å². The lowest BCUT2D eigenvalue weighted by molar-refractivity contribution is -0.177. The predicted octanol–water partition coefficient (Wildman–Crippen LogP) is 8.92. The maximum Gasteiger partial charge on any atom is 0.322 e. The Morgan fingerprint density at radius 1 is 0.926 bits per heavy atom. The van der Waals surface area contributed by atoms with Gasteiger partial charge in [0.05, 0.1) is 25.4 Å². The molecule has 9 heteroatoms. The number of anilines is 1. The molecule has 6 aliphatic carbocycles. The number of aliphatic hydroxyl groups excluding tert-OH is 1.